The van der Waals surface area contributed by atoms with Crippen LogP contribution in [0.2, 0.25) is 0 Å². The van der Waals surface area contributed by atoms with E-state index in [-0.39, 0.29) is 10.5 Å². The van der Waals surface area contributed by atoms with Gasteiger partial charge in [0.25, 0.3) is 0 Å². The van der Waals surface area contributed by atoms with Gasteiger partial charge in [-0.1, -0.05) is 13.8 Å². The maximum atomic E-state index is 12.3. The number of rotatable bonds is 5. The first-order valence-electron chi connectivity index (χ1n) is 6.50. The molecule has 0 spiro atoms. The predicted molar refractivity (Wildman–Crippen MR) is 79.1 cm³/mol. The molecule has 0 aliphatic rings. The highest BCUT2D eigenvalue weighted by molar-refractivity contribution is 7.89. The number of carboxylic acids is 1. The van der Waals surface area contributed by atoms with Crippen molar-refractivity contribution >= 4 is 27.0 Å². The molecule has 2 rings (SSSR count). The zero-order valence-electron chi connectivity index (χ0n) is 11.9. The SMILES string of the molecule is CC(C)C(NS(=O)(=O)c1ccc2oc(=O)ccc2c1)C(=O)O. The lowest BCUT2D eigenvalue weighted by atomic mass is 10.1. The van der Waals surface area contributed by atoms with Gasteiger partial charge in [-0.25, -0.2) is 13.2 Å². The van der Waals surface area contributed by atoms with Crippen molar-refractivity contribution in [2.45, 2.75) is 24.8 Å². The Bertz CT molecular complexity index is 868. The third-order valence-corrected chi connectivity index (χ3v) is 4.55. The van der Waals surface area contributed by atoms with Crippen molar-refractivity contribution in [1.82, 2.24) is 4.72 Å². The van der Waals surface area contributed by atoms with Crippen molar-refractivity contribution in [2.24, 2.45) is 5.92 Å². The van der Waals surface area contributed by atoms with Crippen LogP contribution in [0, 0.1) is 5.92 Å². The summed E-state index contributed by atoms with van der Waals surface area (Å²) < 4.78 is 31.7. The second-order valence-corrected chi connectivity index (χ2v) is 6.85. The molecule has 22 heavy (non-hydrogen) atoms. The Balaban J connectivity index is 2.43. The summed E-state index contributed by atoms with van der Waals surface area (Å²) in [5.74, 6) is -1.66. The van der Waals surface area contributed by atoms with E-state index in [2.05, 4.69) is 4.72 Å². The molecule has 0 aliphatic heterocycles. The minimum Gasteiger partial charge on any atom is -0.480 e. The predicted octanol–water partition coefficient (Wildman–Crippen LogP) is 1.18. The number of nitrogens with one attached hydrogen (secondary N) is 1. The van der Waals surface area contributed by atoms with Crippen molar-refractivity contribution in [2.75, 3.05) is 0 Å². The van der Waals surface area contributed by atoms with E-state index in [9.17, 15) is 18.0 Å². The topological polar surface area (TPSA) is 114 Å². The largest absolute Gasteiger partial charge is 0.480 e. The summed E-state index contributed by atoms with van der Waals surface area (Å²) in [7, 11) is -4.00. The third-order valence-electron chi connectivity index (χ3n) is 3.12. The summed E-state index contributed by atoms with van der Waals surface area (Å²) >= 11 is 0. The first kappa shape index (κ1) is 16.2. The molecule has 1 heterocycles. The number of carbonyl (C=O) groups is 1. The zero-order valence-corrected chi connectivity index (χ0v) is 12.8. The average molecular weight is 325 g/mol. The molecular formula is C14H15NO6S. The highest BCUT2D eigenvalue weighted by atomic mass is 32.2. The molecule has 2 N–H and O–H groups in total. The van der Waals surface area contributed by atoms with Crippen molar-refractivity contribution in [3.05, 3.63) is 40.8 Å². The maximum Gasteiger partial charge on any atom is 0.336 e. The number of hydrogen-bond acceptors (Lipinski definition) is 5. The fourth-order valence-corrected chi connectivity index (χ4v) is 3.30. The van der Waals surface area contributed by atoms with Crippen LogP contribution in [-0.2, 0) is 14.8 Å². The number of fused-ring (bicyclic) bond motifs is 1. The van der Waals surface area contributed by atoms with E-state index in [1.54, 1.807) is 13.8 Å². The Hall–Kier alpha value is -2.19. The van der Waals surface area contributed by atoms with E-state index < -0.39 is 33.6 Å². The molecule has 0 aliphatic carbocycles. The number of carboxylic acid groups (broad SMARTS) is 1. The lowest BCUT2D eigenvalue weighted by Gasteiger charge is -2.18. The first-order chi connectivity index (χ1) is 10.2. The molecule has 1 aromatic carbocycles. The molecule has 1 atom stereocenters. The summed E-state index contributed by atoms with van der Waals surface area (Å²) in [6.45, 7) is 3.21. The van der Waals surface area contributed by atoms with Crippen molar-refractivity contribution < 1.29 is 22.7 Å². The lowest BCUT2D eigenvalue weighted by molar-refractivity contribution is -0.140. The first-order valence-corrected chi connectivity index (χ1v) is 7.98. The highest BCUT2D eigenvalue weighted by Crippen LogP contribution is 2.18. The van der Waals surface area contributed by atoms with Gasteiger partial charge < -0.3 is 9.52 Å². The van der Waals surface area contributed by atoms with Gasteiger partial charge in [-0.15, -0.1) is 0 Å². The van der Waals surface area contributed by atoms with Gasteiger partial charge in [-0.05, 0) is 30.2 Å². The Morgan fingerprint density at radius 3 is 2.50 bits per heavy atom. The molecule has 7 nitrogen and oxygen atoms in total. The second kappa shape index (κ2) is 5.90. The molecule has 0 radical (unpaired) electrons. The molecule has 1 aromatic heterocycles. The van der Waals surface area contributed by atoms with Crippen molar-refractivity contribution in [1.29, 1.82) is 0 Å². The van der Waals surface area contributed by atoms with E-state index in [0.29, 0.717) is 5.39 Å². The molecule has 0 saturated heterocycles. The number of benzene rings is 1. The van der Waals surface area contributed by atoms with Crippen LogP contribution in [0.3, 0.4) is 0 Å². The molecule has 118 valence electrons. The monoisotopic (exact) mass is 325 g/mol. The molecule has 0 fully saturated rings. The Labute approximate surface area is 126 Å². The van der Waals surface area contributed by atoms with Gasteiger partial charge in [0.05, 0.1) is 4.90 Å². The normalized spacial score (nSPS) is 13.4. The van der Waals surface area contributed by atoms with Crippen LogP contribution in [0.1, 0.15) is 13.8 Å². The minimum atomic E-state index is -4.00. The van der Waals surface area contributed by atoms with Gasteiger partial charge in [0.15, 0.2) is 0 Å². The van der Waals surface area contributed by atoms with Crippen LogP contribution in [0.5, 0.6) is 0 Å². The molecule has 1 unspecified atom stereocenters. The van der Waals surface area contributed by atoms with Crippen LogP contribution < -0.4 is 10.3 Å². The third kappa shape index (κ3) is 3.34. The fraction of sp³-hybridized carbons (Fsp3) is 0.286. The average Bonchev–Trinajstić information content (AvgIpc) is 2.43. The Kier molecular flexibility index (Phi) is 4.34. The summed E-state index contributed by atoms with van der Waals surface area (Å²) in [5, 5.41) is 9.51. The maximum absolute atomic E-state index is 12.3. The quantitative estimate of drug-likeness (QED) is 0.798. The minimum absolute atomic E-state index is 0.0965. The second-order valence-electron chi connectivity index (χ2n) is 5.14. The summed E-state index contributed by atoms with van der Waals surface area (Å²) in [6, 6.07) is 5.33. The fourth-order valence-electron chi connectivity index (χ4n) is 1.92. The highest BCUT2D eigenvalue weighted by Gasteiger charge is 2.28. The number of sulfonamides is 1. The van der Waals surface area contributed by atoms with Crippen LogP contribution in [0.25, 0.3) is 11.0 Å². The number of hydrogen-bond donors (Lipinski definition) is 2. The number of aliphatic carboxylic acids is 1. The molecular weight excluding hydrogens is 310 g/mol. The molecule has 0 saturated carbocycles. The van der Waals surface area contributed by atoms with Gasteiger partial charge in [0.1, 0.15) is 11.6 Å². The summed E-state index contributed by atoms with van der Waals surface area (Å²) in [6.07, 6.45) is 0. The van der Waals surface area contributed by atoms with Crippen molar-refractivity contribution in [3.63, 3.8) is 0 Å². The Morgan fingerprint density at radius 2 is 1.91 bits per heavy atom. The zero-order chi connectivity index (χ0) is 16.5. The van der Waals surface area contributed by atoms with E-state index >= 15 is 0 Å². The van der Waals surface area contributed by atoms with E-state index in [1.165, 1.54) is 30.3 Å². The van der Waals surface area contributed by atoms with Crippen LogP contribution in [-0.4, -0.2) is 25.5 Å². The smallest absolute Gasteiger partial charge is 0.336 e. The molecule has 2 aromatic rings. The molecule has 0 amide bonds. The van der Waals surface area contributed by atoms with E-state index in [4.69, 9.17) is 9.52 Å². The standard InChI is InChI=1S/C14H15NO6S/c1-8(2)13(14(17)18)15-22(19,20)10-4-5-11-9(7-10)3-6-12(16)21-11/h3-8,13,15H,1-2H3,(H,17,18). The van der Waals surface area contributed by atoms with Crippen molar-refractivity contribution in [3.8, 4) is 0 Å². The van der Waals surface area contributed by atoms with Gasteiger partial charge >= 0.3 is 11.6 Å². The van der Waals surface area contributed by atoms with Crippen LogP contribution in [0.15, 0.2) is 44.4 Å². The lowest BCUT2D eigenvalue weighted by Crippen LogP contribution is -2.44. The van der Waals surface area contributed by atoms with Gasteiger partial charge in [0, 0.05) is 11.5 Å². The van der Waals surface area contributed by atoms with Gasteiger partial charge in [0.2, 0.25) is 10.0 Å². The molecule has 0 bridgehead atoms. The van der Waals surface area contributed by atoms with Gasteiger partial charge in [-0.2, -0.15) is 4.72 Å². The summed E-state index contributed by atoms with van der Waals surface area (Å²) in [5.41, 5.74) is -0.280. The van der Waals surface area contributed by atoms with E-state index in [1.807, 2.05) is 0 Å². The molecule has 8 heteroatoms. The van der Waals surface area contributed by atoms with Crippen LogP contribution in [0.4, 0.5) is 0 Å². The Morgan fingerprint density at radius 1 is 1.23 bits per heavy atom. The van der Waals surface area contributed by atoms with Crippen LogP contribution >= 0.6 is 0 Å². The summed E-state index contributed by atoms with van der Waals surface area (Å²) in [4.78, 5) is 22.1. The van der Waals surface area contributed by atoms with E-state index in [0.717, 1.165) is 0 Å². The van der Waals surface area contributed by atoms with Gasteiger partial charge in [-0.3, -0.25) is 4.79 Å².